The van der Waals surface area contributed by atoms with E-state index in [1.165, 1.54) is 38.5 Å². The summed E-state index contributed by atoms with van der Waals surface area (Å²) in [4.78, 5) is 0. The first-order valence-electron chi connectivity index (χ1n) is 9.41. The first-order chi connectivity index (χ1) is 11.1. The highest BCUT2D eigenvalue weighted by Gasteiger charge is 2.21. The molecule has 0 spiro atoms. The maximum Gasteiger partial charge on any atom is 0.268 e. The van der Waals surface area contributed by atoms with Crippen LogP contribution in [0.25, 0.3) is 0 Å². The zero-order valence-electron chi connectivity index (χ0n) is 17.3. The molecule has 0 N–H and O–H groups in total. The molecule has 0 atom stereocenters. The second-order valence-corrected chi connectivity index (χ2v) is 17.1. The molecule has 0 saturated carbocycles. The van der Waals surface area contributed by atoms with Crippen LogP contribution in [0.4, 0.5) is 0 Å². The molecule has 5 heteroatoms. The molecule has 0 aliphatic heterocycles. The summed E-state index contributed by atoms with van der Waals surface area (Å²) in [5.41, 5.74) is 0. The molecule has 0 aromatic heterocycles. The van der Waals surface area contributed by atoms with Gasteiger partial charge in [0, 0.05) is 0 Å². The lowest BCUT2D eigenvalue weighted by molar-refractivity contribution is 0.145. The quantitative estimate of drug-likeness (QED) is 0.154. The molecule has 0 aromatic rings. The fraction of sp³-hybridized carbons (Fsp3) is 0.789. The van der Waals surface area contributed by atoms with Gasteiger partial charge in [0.1, 0.15) is 5.76 Å². The van der Waals surface area contributed by atoms with Crippen molar-refractivity contribution in [3.63, 3.8) is 0 Å². The number of ether oxygens (including phenoxy) is 1. The summed E-state index contributed by atoms with van der Waals surface area (Å²) < 4.78 is 17.6. The van der Waals surface area contributed by atoms with E-state index in [1.807, 2.05) is 6.08 Å². The van der Waals surface area contributed by atoms with E-state index in [1.54, 1.807) is 7.11 Å². The Bertz CT molecular complexity index is 390. The molecule has 0 aromatic carbocycles. The average molecular weight is 373 g/mol. The van der Waals surface area contributed by atoms with E-state index in [9.17, 15) is 0 Å². The second-order valence-electron chi connectivity index (χ2n) is 8.26. The van der Waals surface area contributed by atoms with Crippen molar-refractivity contribution in [3.05, 3.63) is 23.9 Å². The van der Waals surface area contributed by atoms with Gasteiger partial charge in [0.2, 0.25) is 16.6 Å². The summed E-state index contributed by atoms with van der Waals surface area (Å²) in [5, 5.41) is 0. The highest BCUT2D eigenvalue weighted by molar-refractivity contribution is 6.70. The maximum absolute atomic E-state index is 6.21. The minimum absolute atomic E-state index is 0.571. The van der Waals surface area contributed by atoms with Gasteiger partial charge in [-0.25, -0.2) is 0 Å². The smallest absolute Gasteiger partial charge is 0.268 e. The number of hydrogen-bond donors (Lipinski definition) is 0. The molecular weight excluding hydrogens is 332 g/mol. The van der Waals surface area contributed by atoms with Crippen molar-refractivity contribution in [2.24, 2.45) is 0 Å². The van der Waals surface area contributed by atoms with Crippen LogP contribution in [0.2, 0.25) is 39.3 Å². The van der Waals surface area contributed by atoms with Crippen molar-refractivity contribution in [1.29, 1.82) is 0 Å². The van der Waals surface area contributed by atoms with E-state index in [0.29, 0.717) is 5.95 Å². The summed E-state index contributed by atoms with van der Waals surface area (Å²) in [7, 11) is -1.69. The number of allylic oxidation sites excluding steroid dienone is 2. The molecule has 0 unspecified atom stereocenters. The molecule has 0 radical (unpaired) electrons. The predicted octanol–water partition coefficient (Wildman–Crippen LogP) is 6.81. The van der Waals surface area contributed by atoms with Crippen molar-refractivity contribution in [1.82, 2.24) is 0 Å². The fourth-order valence-corrected chi connectivity index (χ4v) is 3.80. The van der Waals surface area contributed by atoms with Crippen LogP contribution in [0.3, 0.4) is 0 Å². The van der Waals surface area contributed by atoms with Gasteiger partial charge >= 0.3 is 0 Å². The zero-order chi connectivity index (χ0) is 18.6. The Kier molecular flexibility index (Phi) is 11.5. The SMILES string of the molecule is CCCCCCCC/C=C(/C=C(\OC)O[Si](C)(C)C)O[Si](C)(C)C. The predicted molar refractivity (Wildman–Crippen MR) is 110 cm³/mol. The van der Waals surface area contributed by atoms with E-state index in [0.717, 1.165) is 12.2 Å². The van der Waals surface area contributed by atoms with Crippen LogP contribution in [0.15, 0.2) is 23.9 Å². The Hall–Kier alpha value is -0.686. The van der Waals surface area contributed by atoms with Crippen LogP contribution in [0.1, 0.15) is 51.9 Å². The average Bonchev–Trinajstić information content (AvgIpc) is 2.42. The molecule has 0 heterocycles. The van der Waals surface area contributed by atoms with Crippen molar-refractivity contribution in [3.8, 4) is 0 Å². The Labute approximate surface area is 152 Å². The van der Waals surface area contributed by atoms with Gasteiger partial charge in [-0.2, -0.15) is 0 Å². The van der Waals surface area contributed by atoms with E-state index in [-0.39, 0.29) is 0 Å². The van der Waals surface area contributed by atoms with Gasteiger partial charge in [0.25, 0.3) is 5.95 Å². The van der Waals surface area contributed by atoms with Crippen LogP contribution < -0.4 is 0 Å². The van der Waals surface area contributed by atoms with Crippen LogP contribution in [-0.4, -0.2) is 23.7 Å². The normalized spacial score (nSPS) is 13.8. The lowest BCUT2D eigenvalue weighted by Gasteiger charge is -2.23. The summed E-state index contributed by atoms with van der Waals surface area (Å²) in [6, 6.07) is 0. The second kappa shape index (κ2) is 11.8. The molecule has 0 amide bonds. The number of methoxy groups -OCH3 is 1. The minimum atomic E-state index is -1.69. The van der Waals surface area contributed by atoms with Crippen molar-refractivity contribution in [2.75, 3.05) is 7.11 Å². The van der Waals surface area contributed by atoms with Crippen LogP contribution >= 0.6 is 0 Å². The maximum atomic E-state index is 6.21. The van der Waals surface area contributed by atoms with Gasteiger partial charge < -0.3 is 13.6 Å². The van der Waals surface area contributed by atoms with Gasteiger partial charge in [-0.1, -0.05) is 39.0 Å². The fourth-order valence-electron chi connectivity index (χ4n) is 2.20. The first-order valence-corrected chi connectivity index (χ1v) is 16.2. The van der Waals surface area contributed by atoms with Crippen molar-refractivity contribution >= 4 is 16.6 Å². The molecule has 24 heavy (non-hydrogen) atoms. The van der Waals surface area contributed by atoms with E-state index >= 15 is 0 Å². The van der Waals surface area contributed by atoms with Gasteiger partial charge in [-0.05, 0) is 58.2 Å². The van der Waals surface area contributed by atoms with E-state index < -0.39 is 16.6 Å². The highest BCUT2D eigenvalue weighted by Crippen LogP contribution is 2.18. The largest absolute Gasteiger partial charge is 0.544 e. The zero-order valence-corrected chi connectivity index (χ0v) is 19.3. The number of hydrogen-bond acceptors (Lipinski definition) is 3. The summed E-state index contributed by atoms with van der Waals surface area (Å²) in [5.74, 6) is 1.47. The summed E-state index contributed by atoms with van der Waals surface area (Å²) >= 11 is 0. The third kappa shape index (κ3) is 14.9. The molecule has 0 bridgehead atoms. The topological polar surface area (TPSA) is 27.7 Å². The monoisotopic (exact) mass is 372 g/mol. The van der Waals surface area contributed by atoms with Crippen LogP contribution in [-0.2, 0) is 13.6 Å². The number of unbranched alkanes of at least 4 members (excludes halogenated alkanes) is 6. The van der Waals surface area contributed by atoms with Crippen LogP contribution in [0.5, 0.6) is 0 Å². The minimum Gasteiger partial charge on any atom is -0.544 e. The standard InChI is InChI=1S/C19H40O3Si2/c1-9-10-11-12-13-14-15-16-18(21-23(3,4)5)17-19(20-2)22-24(6,7)8/h16-17H,9-15H2,1-8H3/b18-16-,19-17+. The Morgan fingerprint density at radius 1 is 0.792 bits per heavy atom. The summed E-state index contributed by atoms with van der Waals surface area (Å²) in [6.45, 7) is 15.3. The molecule has 0 aliphatic rings. The third-order valence-electron chi connectivity index (χ3n) is 3.20. The summed E-state index contributed by atoms with van der Waals surface area (Å²) in [6.07, 6.45) is 13.0. The van der Waals surface area contributed by atoms with Gasteiger partial charge in [-0.3, -0.25) is 0 Å². The van der Waals surface area contributed by atoms with Crippen molar-refractivity contribution < 1.29 is 13.6 Å². The van der Waals surface area contributed by atoms with E-state index in [4.69, 9.17) is 13.6 Å². The highest BCUT2D eigenvalue weighted by atomic mass is 28.4. The van der Waals surface area contributed by atoms with Gasteiger partial charge in [-0.15, -0.1) is 0 Å². The molecule has 0 saturated heterocycles. The van der Waals surface area contributed by atoms with E-state index in [2.05, 4.69) is 52.3 Å². The van der Waals surface area contributed by atoms with Crippen LogP contribution in [0, 0.1) is 0 Å². The molecule has 142 valence electrons. The number of rotatable bonds is 13. The lowest BCUT2D eigenvalue weighted by Crippen LogP contribution is -2.26. The lowest BCUT2D eigenvalue weighted by atomic mass is 10.1. The molecule has 3 nitrogen and oxygen atoms in total. The molecule has 0 rings (SSSR count). The van der Waals surface area contributed by atoms with Crippen molar-refractivity contribution in [2.45, 2.75) is 91.2 Å². The third-order valence-corrected chi connectivity index (χ3v) is 4.86. The Morgan fingerprint density at radius 2 is 1.33 bits per heavy atom. The Balaban J connectivity index is 4.75. The molecule has 0 fully saturated rings. The first kappa shape index (κ1) is 23.3. The van der Waals surface area contributed by atoms with Gasteiger partial charge in [0.15, 0.2) is 0 Å². The molecular formula is C19H40O3Si2. The van der Waals surface area contributed by atoms with Gasteiger partial charge in [0.05, 0.1) is 13.2 Å². The molecule has 0 aliphatic carbocycles. The Morgan fingerprint density at radius 3 is 1.83 bits per heavy atom.